The monoisotopic (exact) mass is 283 g/mol. The van der Waals surface area contributed by atoms with E-state index in [2.05, 4.69) is 11.4 Å². The molecule has 0 saturated heterocycles. The highest BCUT2D eigenvalue weighted by molar-refractivity contribution is 6.25. The van der Waals surface area contributed by atoms with Crippen LogP contribution in [-0.2, 0) is 11.3 Å². The Balaban J connectivity index is 2.66. The van der Waals surface area contributed by atoms with Crippen molar-refractivity contribution in [3.05, 3.63) is 40.4 Å². The number of aryl methyl sites for hydroxylation is 1. The highest BCUT2D eigenvalue weighted by Crippen LogP contribution is 2.23. The second-order valence-electron chi connectivity index (χ2n) is 4.48. The molecule has 0 atom stereocenters. The Labute approximate surface area is 120 Å². The zero-order valence-electron chi connectivity index (χ0n) is 11.8. The van der Waals surface area contributed by atoms with Crippen molar-refractivity contribution in [1.82, 2.24) is 5.32 Å². The van der Waals surface area contributed by atoms with Crippen LogP contribution in [0.5, 0.6) is 5.75 Å². The maximum atomic E-state index is 5.85. The quantitative estimate of drug-likeness (QED) is 0.743. The highest BCUT2D eigenvalue weighted by atomic mass is 35.5. The van der Waals surface area contributed by atoms with E-state index in [4.69, 9.17) is 21.1 Å². The lowest BCUT2D eigenvalue weighted by Gasteiger charge is -2.14. The molecule has 19 heavy (non-hydrogen) atoms. The van der Waals surface area contributed by atoms with Crippen molar-refractivity contribution in [2.45, 2.75) is 20.4 Å². The van der Waals surface area contributed by atoms with Gasteiger partial charge in [0.15, 0.2) is 0 Å². The average molecular weight is 284 g/mol. The van der Waals surface area contributed by atoms with Gasteiger partial charge in [-0.15, -0.1) is 0 Å². The summed E-state index contributed by atoms with van der Waals surface area (Å²) in [5.41, 5.74) is 4.84. The first-order chi connectivity index (χ1) is 9.19. The van der Waals surface area contributed by atoms with Crippen molar-refractivity contribution in [3.8, 4) is 5.75 Å². The SMILES string of the molecule is COCCNCc1cccc(C)c1OC/C(C)=C/Cl. The molecule has 4 heteroatoms. The van der Waals surface area contributed by atoms with E-state index in [0.29, 0.717) is 13.2 Å². The summed E-state index contributed by atoms with van der Waals surface area (Å²) < 4.78 is 10.9. The molecular weight excluding hydrogens is 262 g/mol. The van der Waals surface area contributed by atoms with Crippen molar-refractivity contribution in [2.75, 3.05) is 26.9 Å². The topological polar surface area (TPSA) is 30.5 Å². The van der Waals surface area contributed by atoms with Gasteiger partial charge in [-0.3, -0.25) is 0 Å². The van der Waals surface area contributed by atoms with E-state index in [-0.39, 0.29) is 0 Å². The van der Waals surface area contributed by atoms with E-state index in [1.165, 1.54) is 0 Å². The minimum Gasteiger partial charge on any atom is -0.489 e. The van der Waals surface area contributed by atoms with Crippen LogP contribution >= 0.6 is 11.6 Å². The number of hydrogen-bond acceptors (Lipinski definition) is 3. The molecular formula is C15H22ClNO2. The Morgan fingerprint density at radius 3 is 2.89 bits per heavy atom. The molecule has 106 valence electrons. The number of nitrogens with one attached hydrogen (secondary N) is 1. The zero-order valence-corrected chi connectivity index (χ0v) is 12.6. The molecule has 1 aromatic rings. The number of hydrogen-bond donors (Lipinski definition) is 1. The van der Waals surface area contributed by atoms with Crippen LogP contribution in [0.3, 0.4) is 0 Å². The van der Waals surface area contributed by atoms with Crippen LogP contribution in [0, 0.1) is 6.92 Å². The summed E-state index contributed by atoms with van der Waals surface area (Å²) in [5, 5.41) is 3.33. The van der Waals surface area contributed by atoms with Crippen LogP contribution < -0.4 is 10.1 Å². The van der Waals surface area contributed by atoms with E-state index in [0.717, 1.165) is 35.5 Å². The molecule has 0 unspecified atom stereocenters. The molecule has 1 rings (SSSR count). The Kier molecular flexibility index (Phi) is 7.56. The third-order valence-corrected chi connectivity index (χ3v) is 3.09. The number of rotatable bonds is 8. The Morgan fingerprint density at radius 1 is 1.42 bits per heavy atom. The zero-order chi connectivity index (χ0) is 14.1. The van der Waals surface area contributed by atoms with E-state index >= 15 is 0 Å². The standard InChI is InChI=1S/C15H22ClNO2/c1-12(9-16)11-19-15-13(2)5-4-6-14(15)10-17-7-8-18-3/h4-6,9,17H,7-8,10-11H2,1-3H3/b12-9+. The van der Waals surface area contributed by atoms with Crippen molar-refractivity contribution in [2.24, 2.45) is 0 Å². The molecule has 0 aliphatic rings. The Morgan fingerprint density at radius 2 is 2.21 bits per heavy atom. The van der Waals surface area contributed by atoms with Crippen LogP contribution in [0.25, 0.3) is 0 Å². The molecule has 1 N–H and O–H groups in total. The van der Waals surface area contributed by atoms with Crippen LogP contribution in [-0.4, -0.2) is 26.9 Å². The lowest BCUT2D eigenvalue weighted by molar-refractivity contribution is 0.199. The van der Waals surface area contributed by atoms with Crippen LogP contribution in [0.2, 0.25) is 0 Å². The second kappa shape index (κ2) is 8.97. The van der Waals surface area contributed by atoms with Gasteiger partial charge in [0.25, 0.3) is 0 Å². The Hall–Kier alpha value is -1.03. The summed E-state index contributed by atoms with van der Waals surface area (Å²) in [6.07, 6.45) is 0. The van der Waals surface area contributed by atoms with Gasteiger partial charge in [0, 0.05) is 31.3 Å². The number of halogens is 1. The van der Waals surface area contributed by atoms with Gasteiger partial charge in [0.2, 0.25) is 0 Å². The van der Waals surface area contributed by atoms with E-state index in [9.17, 15) is 0 Å². The predicted octanol–water partition coefficient (Wildman–Crippen LogP) is 3.25. The lowest BCUT2D eigenvalue weighted by atomic mass is 10.1. The molecule has 0 heterocycles. The lowest BCUT2D eigenvalue weighted by Crippen LogP contribution is -2.19. The van der Waals surface area contributed by atoms with E-state index in [1.807, 2.05) is 26.0 Å². The minimum absolute atomic E-state index is 0.513. The first kappa shape index (κ1) is 16.0. The smallest absolute Gasteiger partial charge is 0.127 e. The van der Waals surface area contributed by atoms with Gasteiger partial charge in [0.1, 0.15) is 12.4 Å². The fourth-order valence-corrected chi connectivity index (χ4v) is 1.74. The third-order valence-electron chi connectivity index (χ3n) is 2.72. The molecule has 0 aromatic heterocycles. The normalized spacial score (nSPS) is 11.7. The number of methoxy groups -OCH3 is 1. The first-order valence-electron chi connectivity index (χ1n) is 6.35. The molecule has 0 bridgehead atoms. The van der Waals surface area contributed by atoms with Crippen molar-refractivity contribution in [1.29, 1.82) is 0 Å². The van der Waals surface area contributed by atoms with Crippen molar-refractivity contribution >= 4 is 11.6 Å². The molecule has 3 nitrogen and oxygen atoms in total. The van der Waals surface area contributed by atoms with Crippen LogP contribution in [0.15, 0.2) is 29.3 Å². The average Bonchev–Trinajstić information content (AvgIpc) is 2.42. The molecule has 0 saturated carbocycles. The maximum Gasteiger partial charge on any atom is 0.127 e. The predicted molar refractivity (Wildman–Crippen MR) is 79.9 cm³/mol. The molecule has 0 spiro atoms. The molecule has 0 radical (unpaired) electrons. The summed E-state index contributed by atoms with van der Waals surface area (Å²) in [5.74, 6) is 0.935. The van der Waals surface area contributed by atoms with Gasteiger partial charge in [-0.05, 0) is 25.0 Å². The maximum absolute atomic E-state index is 5.85. The van der Waals surface area contributed by atoms with E-state index in [1.54, 1.807) is 12.6 Å². The molecule has 0 aliphatic heterocycles. The number of benzene rings is 1. The van der Waals surface area contributed by atoms with Gasteiger partial charge in [-0.2, -0.15) is 0 Å². The summed E-state index contributed by atoms with van der Waals surface area (Å²) in [6.45, 7) is 6.81. The first-order valence-corrected chi connectivity index (χ1v) is 6.79. The largest absolute Gasteiger partial charge is 0.489 e. The fraction of sp³-hybridized carbons (Fsp3) is 0.467. The molecule has 1 aromatic carbocycles. The summed E-state index contributed by atoms with van der Waals surface area (Å²) in [7, 11) is 1.70. The van der Waals surface area contributed by atoms with Gasteiger partial charge >= 0.3 is 0 Å². The number of ether oxygens (including phenoxy) is 2. The summed E-state index contributed by atoms with van der Waals surface area (Å²) in [6, 6.07) is 6.16. The van der Waals surface area contributed by atoms with Crippen molar-refractivity contribution < 1.29 is 9.47 Å². The molecule has 0 amide bonds. The second-order valence-corrected chi connectivity index (χ2v) is 4.70. The summed E-state index contributed by atoms with van der Waals surface area (Å²) >= 11 is 5.65. The van der Waals surface area contributed by atoms with E-state index < -0.39 is 0 Å². The Bertz CT molecular complexity index is 419. The highest BCUT2D eigenvalue weighted by Gasteiger charge is 2.06. The molecule has 0 aliphatic carbocycles. The van der Waals surface area contributed by atoms with Gasteiger partial charge in [0.05, 0.1) is 6.61 Å². The van der Waals surface area contributed by atoms with Crippen LogP contribution in [0.1, 0.15) is 18.1 Å². The number of para-hydroxylation sites is 1. The van der Waals surface area contributed by atoms with Gasteiger partial charge < -0.3 is 14.8 Å². The minimum atomic E-state index is 0.513. The molecule has 0 fully saturated rings. The van der Waals surface area contributed by atoms with Crippen molar-refractivity contribution in [3.63, 3.8) is 0 Å². The van der Waals surface area contributed by atoms with Crippen LogP contribution in [0.4, 0.5) is 0 Å². The summed E-state index contributed by atoms with van der Waals surface area (Å²) in [4.78, 5) is 0. The van der Waals surface area contributed by atoms with Gasteiger partial charge in [-0.1, -0.05) is 29.8 Å². The fourth-order valence-electron chi connectivity index (χ4n) is 1.67. The van der Waals surface area contributed by atoms with Gasteiger partial charge in [-0.25, -0.2) is 0 Å². The third kappa shape index (κ3) is 5.64.